The lowest BCUT2D eigenvalue weighted by Crippen LogP contribution is -2.40. The Morgan fingerprint density at radius 1 is 0.556 bits per heavy atom. The molecule has 0 aromatic heterocycles. The predicted octanol–water partition coefficient (Wildman–Crippen LogP) is 5.91. The summed E-state index contributed by atoms with van der Waals surface area (Å²) < 4.78 is 0. The Morgan fingerprint density at radius 3 is 1.33 bits per heavy atom. The maximum atomic E-state index is 2.48. The molecule has 0 radical (unpaired) electrons. The van der Waals surface area contributed by atoms with Gasteiger partial charge in [-0.25, -0.2) is 0 Å². The molecule has 3 rings (SSSR count). The third kappa shape index (κ3) is 2.94. The van der Waals surface area contributed by atoms with Crippen molar-refractivity contribution in [1.82, 2.24) is 0 Å². The molecule has 0 nitrogen and oxygen atoms in total. The molecule has 0 saturated heterocycles. The average Bonchev–Trinajstić information content (AvgIpc) is 2.40. The van der Waals surface area contributed by atoms with Crippen LogP contribution in [0.5, 0.6) is 0 Å². The normalized spacial score (nSPS) is 47.3. The van der Waals surface area contributed by atoms with Crippen molar-refractivity contribution in [3.8, 4) is 0 Å². The van der Waals surface area contributed by atoms with Crippen LogP contribution >= 0.6 is 0 Å². The van der Waals surface area contributed by atoms with Gasteiger partial charge in [-0.2, -0.15) is 0 Å². The Hall–Kier alpha value is 0. The zero-order valence-electron chi connectivity index (χ0n) is 13.1. The van der Waals surface area contributed by atoms with E-state index in [0.717, 1.165) is 35.5 Å². The van der Waals surface area contributed by atoms with Crippen LogP contribution in [-0.2, 0) is 0 Å². The molecule has 0 N–H and O–H groups in total. The molecule has 0 aromatic rings. The van der Waals surface area contributed by atoms with Gasteiger partial charge in [0.25, 0.3) is 0 Å². The van der Waals surface area contributed by atoms with Gasteiger partial charge in [0.15, 0.2) is 0 Å². The SMILES string of the molecule is CC.CC1CCC2C(CCC3CC(C)CCC32)C1. The van der Waals surface area contributed by atoms with E-state index in [1.807, 2.05) is 13.8 Å². The first-order chi connectivity index (χ1) is 8.74. The van der Waals surface area contributed by atoms with Gasteiger partial charge >= 0.3 is 0 Å². The molecular weight excluding hydrogens is 216 g/mol. The highest BCUT2D eigenvalue weighted by Crippen LogP contribution is 2.53. The first kappa shape index (κ1) is 14.4. The molecule has 0 amide bonds. The highest BCUT2D eigenvalue weighted by molar-refractivity contribution is 4.93. The minimum Gasteiger partial charge on any atom is -0.0683 e. The van der Waals surface area contributed by atoms with Crippen LogP contribution < -0.4 is 0 Å². The van der Waals surface area contributed by atoms with Crippen molar-refractivity contribution in [2.24, 2.45) is 35.5 Å². The van der Waals surface area contributed by atoms with Crippen LogP contribution in [0.2, 0.25) is 0 Å². The summed E-state index contributed by atoms with van der Waals surface area (Å²) in [5.74, 6) is 6.59. The zero-order chi connectivity index (χ0) is 13.1. The standard InChI is InChI=1S/C16H28.C2H6/c1-11-3-7-15-13(9-11)5-6-14-10-12(2)4-8-16(14)15;1-2/h11-16H,3-10H2,1-2H3;1-2H3. The van der Waals surface area contributed by atoms with Crippen LogP contribution in [0.25, 0.3) is 0 Å². The lowest BCUT2D eigenvalue weighted by atomic mass is 9.55. The zero-order valence-corrected chi connectivity index (χ0v) is 13.1. The monoisotopic (exact) mass is 250 g/mol. The van der Waals surface area contributed by atoms with Crippen molar-refractivity contribution < 1.29 is 0 Å². The molecule has 0 heterocycles. The summed E-state index contributed by atoms with van der Waals surface area (Å²) in [6.07, 6.45) is 12.5. The molecule has 0 aliphatic heterocycles. The Kier molecular flexibility index (Phi) is 5.15. The molecule has 3 fully saturated rings. The topological polar surface area (TPSA) is 0 Å². The van der Waals surface area contributed by atoms with Crippen LogP contribution in [0.3, 0.4) is 0 Å². The molecule has 3 saturated carbocycles. The first-order valence-electron chi connectivity index (χ1n) is 8.74. The Balaban J connectivity index is 0.000000574. The van der Waals surface area contributed by atoms with Gasteiger partial charge in [-0.05, 0) is 74.0 Å². The van der Waals surface area contributed by atoms with Gasteiger partial charge in [0.1, 0.15) is 0 Å². The van der Waals surface area contributed by atoms with Gasteiger partial charge in [-0.15, -0.1) is 0 Å². The summed E-state index contributed by atoms with van der Waals surface area (Å²) in [6, 6.07) is 0. The fourth-order valence-electron chi connectivity index (χ4n) is 5.26. The van der Waals surface area contributed by atoms with Crippen molar-refractivity contribution in [3.05, 3.63) is 0 Å². The van der Waals surface area contributed by atoms with E-state index < -0.39 is 0 Å². The van der Waals surface area contributed by atoms with Crippen LogP contribution in [0.4, 0.5) is 0 Å². The van der Waals surface area contributed by atoms with Crippen molar-refractivity contribution >= 4 is 0 Å². The minimum absolute atomic E-state index is 1.03. The predicted molar refractivity (Wildman–Crippen MR) is 80.6 cm³/mol. The Labute approximate surface area is 115 Å². The average molecular weight is 250 g/mol. The second kappa shape index (κ2) is 6.44. The first-order valence-corrected chi connectivity index (χ1v) is 8.74. The fourth-order valence-corrected chi connectivity index (χ4v) is 5.26. The van der Waals surface area contributed by atoms with Gasteiger partial charge in [-0.3, -0.25) is 0 Å². The van der Waals surface area contributed by atoms with E-state index in [1.165, 1.54) is 12.8 Å². The third-order valence-electron chi connectivity index (χ3n) is 6.07. The van der Waals surface area contributed by atoms with Crippen molar-refractivity contribution in [1.29, 1.82) is 0 Å². The molecule has 3 aliphatic carbocycles. The van der Waals surface area contributed by atoms with Gasteiger partial charge in [0, 0.05) is 0 Å². The van der Waals surface area contributed by atoms with E-state index in [1.54, 1.807) is 38.5 Å². The highest BCUT2D eigenvalue weighted by Gasteiger charge is 2.43. The van der Waals surface area contributed by atoms with Gasteiger partial charge in [0.05, 0.1) is 0 Å². The fraction of sp³-hybridized carbons (Fsp3) is 1.00. The van der Waals surface area contributed by atoms with Crippen LogP contribution in [0, 0.1) is 35.5 Å². The van der Waals surface area contributed by atoms with Crippen molar-refractivity contribution in [2.45, 2.75) is 79.1 Å². The van der Waals surface area contributed by atoms with Crippen LogP contribution in [0.15, 0.2) is 0 Å². The second-order valence-corrected chi connectivity index (χ2v) is 7.26. The van der Waals surface area contributed by atoms with Gasteiger partial charge in [-0.1, -0.05) is 40.5 Å². The Bertz CT molecular complexity index is 218. The number of hydrogen-bond donors (Lipinski definition) is 0. The van der Waals surface area contributed by atoms with Crippen molar-refractivity contribution in [2.75, 3.05) is 0 Å². The molecular formula is C18H34. The molecule has 0 aromatic carbocycles. The highest BCUT2D eigenvalue weighted by atomic mass is 14.5. The van der Waals surface area contributed by atoms with E-state index >= 15 is 0 Å². The van der Waals surface area contributed by atoms with E-state index in [4.69, 9.17) is 0 Å². The molecule has 0 bridgehead atoms. The van der Waals surface area contributed by atoms with E-state index in [0.29, 0.717) is 0 Å². The summed E-state index contributed by atoms with van der Waals surface area (Å²) in [5, 5.41) is 0. The number of rotatable bonds is 0. The molecule has 6 atom stereocenters. The second-order valence-electron chi connectivity index (χ2n) is 7.26. The van der Waals surface area contributed by atoms with Crippen molar-refractivity contribution in [3.63, 3.8) is 0 Å². The van der Waals surface area contributed by atoms with Crippen LogP contribution in [0.1, 0.15) is 79.1 Å². The maximum Gasteiger partial charge on any atom is -0.0355 e. The molecule has 3 aliphatic rings. The lowest BCUT2D eigenvalue weighted by molar-refractivity contribution is 0.00266. The van der Waals surface area contributed by atoms with E-state index in [9.17, 15) is 0 Å². The molecule has 0 spiro atoms. The van der Waals surface area contributed by atoms with Crippen LogP contribution in [-0.4, -0.2) is 0 Å². The van der Waals surface area contributed by atoms with Gasteiger partial charge in [0.2, 0.25) is 0 Å². The number of fused-ring (bicyclic) bond motifs is 3. The lowest BCUT2D eigenvalue weighted by Gasteiger charge is -2.50. The summed E-state index contributed by atoms with van der Waals surface area (Å²) >= 11 is 0. The molecule has 18 heavy (non-hydrogen) atoms. The summed E-state index contributed by atoms with van der Waals surface area (Å²) in [4.78, 5) is 0. The molecule has 0 heteroatoms. The summed E-state index contributed by atoms with van der Waals surface area (Å²) in [6.45, 7) is 8.95. The molecule has 6 unspecified atom stereocenters. The summed E-state index contributed by atoms with van der Waals surface area (Å²) in [7, 11) is 0. The molecule has 106 valence electrons. The third-order valence-corrected chi connectivity index (χ3v) is 6.07. The van der Waals surface area contributed by atoms with E-state index in [-0.39, 0.29) is 0 Å². The number of hydrogen-bond acceptors (Lipinski definition) is 0. The smallest absolute Gasteiger partial charge is 0.0355 e. The van der Waals surface area contributed by atoms with Gasteiger partial charge < -0.3 is 0 Å². The Morgan fingerprint density at radius 2 is 0.944 bits per heavy atom. The van der Waals surface area contributed by atoms with E-state index in [2.05, 4.69) is 13.8 Å². The largest absolute Gasteiger partial charge is 0.0683 e. The minimum atomic E-state index is 1.03. The maximum absolute atomic E-state index is 2.48. The quantitative estimate of drug-likeness (QED) is 0.501. The summed E-state index contributed by atoms with van der Waals surface area (Å²) in [5.41, 5.74) is 0.